The summed E-state index contributed by atoms with van der Waals surface area (Å²) in [5, 5.41) is 5.44. The first-order chi connectivity index (χ1) is 9.77. The highest BCUT2D eigenvalue weighted by atomic mass is 16.1. The number of aromatic nitrogens is 1. The van der Waals surface area contributed by atoms with E-state index in [4.69, 9.17) is 0 Å². The largest absolute Gasteiger partial charge is 0.316 e. The summed E-state index contributed by atoms with van der Waals surface area (Å²) in [5.74, 6) is 0.247. The van der Waals surface area contributed by atoms with Crippen molar-refractivity contribution in [3.8, 4) is 0 Å². The van der Waals surface area contributed by atoms with E-state index in [-0.39, 0.29) is 11.2 Å². The van der Waals surface area contributed by atoms with Gasteiger partial charge in [0.05, 0.1) is 0 Å². The number of nitrogens with zero attached hydrogens (tertiary/aromatic N) is 1. The van der Waals surface area contributed by atoms with Crippen molar-refractivity contribution in [2.75, 3.05) is 13.1 Å². The lowest BCUT2D eigenvalue weighted by molar-refractivity contribution is 0.0732. The zero-order valence-electron chi connectivity index (χ0n) is 11.9. The third-order valence-corrected chi connectivity index (χ3v) is 4.54. The second-order valence-electron chi connectivity index (χ2n) is 5.65. The van der Waals surface area contributed by atoms with Crippen LogP contribution < -0.4 is 5.32 Å². The van der Waals surface area contributed by atoms with Gasteiger partial charge in [-0.05, 0) is 31.2 Å². The Morgan fingerprint density at radius 1 is 1.35 bits per heavy atom. The van der Waals surface area contributed by atoms with Crippen LogP contribution in [-0.2, 0) is 0 Å². The minimum atomic E-state index is -0.260. The quantitative estimate of drug-likeness (QED) is 0.869. The van der Waals surface area contributed by atoms with Crippen molar-refractivity contribution in [3.63, 3.8) is 0 Å². The Hall–Kier alpha value is -1.74. The lowest BCUT2D eigenvalue weighted by Gasteiger charge is -2.35. The first-order valence-electron chi connectivity index (χ1n) is 7.35. The minimum absolute atomic E-state index is 0.247. The van der Waals surface area contributed by atoms with Crippen LogP contribution in [0, 0.1) is 5.41 Å². The van der Waals surface area contributed by atoms with Gasteiger partial charge in [0.1, 0.15) is 0 Å². The van der Waals surface area contributed by atoms with Crippen LogP contribution in [-0.4, -0.2) is 23.9 Å². The number of benzene rings is 1. The highest BCUT2D eigenvalue weighted by Gasteiger charge is 2.38. The molecule has 2 aromatic rings. The van der Waals surface area contributed by atoms with Gasteiger partial charge in [-0.15, -0.1) is 0 Å². The number of hydrogen-bond donors (Lipinski definition) is 1. The molecule has 2 heterocycles. The molecule has 0 aliphatic carbocycles. The van der Waals surface area contributed by atoms with Gasteiger partial charge in [0, 0.05) is 35.3 Å². The van der Waals surface area contributed by atoms with E-state index >= 15 is 0 Å². The van der Waals surface area contributed by atoms with Crippen molar-refractivity contribution < 1.29 is 4.79 Å². The number of carbonyl (C=O) groups excluding carboxylic acids is 1. The summed E-state index contributed by atoms with van der Waals surface area (Å²) >= 11 is 0. The summed E-state index contributed by atoms with van der Waals surface area (Å²) in [6.07, 6.45) is 6.47. The predicted octanol–water partition coefficient (Wildman–Crippen LogP) is 3.20. The van der Waals surface area contributed by atoms with Gasteiger partial charge < -0.3 is 5.32 Å². The smallest absolute Gasteiger partial charge is 0.172 e. The Morgan fingerprint density at radius 2 is 2.20 bits per heavy atom. The van der Waals surface area contributed by atoms with E-state index in [0.29, 0.717) is 0 Å². The van der Waals surface area contributed by atoms with Crippen molar-refractivity contribution >= 4 is 16.6 Å². The SMILES string of the molecule is CCC1(C(=O)c2cncc3ccccc23)CCCNC1. The fraction of sp³-hybridized carbons (Fsp3) is 0.412. The number of hydrogen-bond acceptors (Lipinski definition) is 3. The monoisotopic (exact) mass is 268 g/mol. The molecule has 0 bridgehead atoms. The van der Waals surface area contributed by atoms with E-state index in [0.717, 1.165) is 48.7 Å². The van der Waals surface area contributed by atoms with Gasteiger partial charge in [-0.3, -0.25) is 9.78 Å². The lowest BCUT2D eigenvalue weighted by Crippen LogP contribution is -2.45. The fourth-order valence-electron chi connectivity index (χ4n) is 3.21. The summed E-state index contributed by atoms with van der Waals surface area (Å²) < 4.78 is 0. The molecular formula is C17H20N2O. The molecule has 0 radical (unpaired) electrons. The summed E-state index contributed by atoms with van der Waals surface area (Å²) in [7, 11) is 0. The Morgan fingerprint density at radius 3 is 2.95 bits per heavy atom. The molecule has 20 heavy (non-hydrogen) atoms. The third-order valence-electron chi connectivity index (χ3n) is 4.54. The number of nitrogens with one attached hydrogen (secondary N) is 1. The maximum Gasteiger partial charge on any atom is 0.172 e. The van der Waals surface area contributed by atoms with E-state index < -0.39 is 0 Å². The van der Waals surface area contributed by atoms with Crippen molar-refractivity contribution in [3.05, 3.63) is 42.2 Å². The molecule has 1 N–H and O–H groups in total. The van der Waals surface area contributed by atoms with Crippen LogP contribution in [0.5, 0.6) is 0 Å². The zero-order chi connectivity index (χ0) is 14.0. The molecule has 1 atom stereocenters. The molecule has 1 aromatic heterocycles. The predicted molar refractivity (Wildman–Crippen MR) is 80.9 cm³/mol. The third kappa shape index (κ3) is 2.12. The van der Waals surface area contributed by atoms with Crippen LogP contribution in [0.15, 0.2) is 36.7 Å². The van der Waals surface area contributed by atoms with Crippen LogP contribution >= 0.6 is 0 Å². The molecule has 1 saturated heterocycles. The van der Waals surface area contributed by atoms with Gasteiger partial charge >= 0.3 is 0 Å². The molecule has 0 spiro atoms. The standard InChI is InChI=1S/C17H20N2O/c1-2-17(8-5-9-18-12-17)16(20)15-11-19-10-13-6-3-4-7-14(13)15/h3-4,6-7,10-11,18H,2,5,8-9,12H2,1H3. The second-order valence-corrected chi connectivity index (χ2v) is 5.65. The number of pyridine rings is 1. The van der Waals surface area contributed by atoms with Crippen molar-refractivity contribution in [1.82, 2.24) is 10.3 Å². The van der Waals surface area contributed by atoms with Crippen molar-refractivity contribution in [2.24, 2.45) is 5.41 Å². The Bertz CT molecular complexity index is 624. The van der Waals surface area contributed by atoms with E-state index in [2.05, 4.69) is 17.2 Å². The van der Waals surface area contributed by atoms with E-state index in [1.165, 1.54) is 0 Å². The van der Waals surface area contributed by atoms with Gasteiger partial charge in [0.15, 0.2) is 5.78 Å². The van der Waals surface area contributed by atoms with Crippen LogP contribution in [0.2, 0.25) is 0 Å². The summed E-state index contributed by atoms with van der Waals surface area (Å²) in [6.45, 7) is 3.91. The number of Topliss-reactive ketones (excluding diaryl/α,β-unsaturated/α-hetero) is 1. The van der Waals surface area contributed by atoms with Gasteiger partial charge in [0.2, 0.25) is 0 Å². The Balaban J connectivity index is 2.08. The Labute approximate surface area is 119 Å². The summed E-state index contributed by atoms with van der Waals surface area (Å²) in [4.78, 5) is 17.3. The molecule has 1 unspecified atom stereocenters. The first kappa shape index (κ1) is 13.3. The van der Waals surface area contributed by atoms with E-state index in [1.807, 2.05) is 30.5 Å². The normalized spacial score (nSPS) is 22.9. The summed E-state index contributed by atoms with van der Waals surface area (Å²) in [5.41, 5.74) is 0.512. The molecule has 1 fully saturated rings. The van der Waals surface area contributed by atoms with Gasteiger partial charge in [-0.2, -0.15) is 0 Å². The molecule has 1 aliphatic rings. The van der Waals surface area contributed by atoms with Gasteiger partial charge in [-0.25, -0.2) is 0 Å². The molecule has 0 amide bonds. The van der Waals surface area contributed by atoms with Crippen molar-refractivity contribution in [2.45, 2.75) is 26.2 Å². The average molecular weight is 268 g/mol. The van der Waals surface area contributed by atoms with E-state index in [1.54, 1.807) is 6.20 Å². The molecule has 0 saturated carbocycles. The zero-order valence-corrected chi connectivity index (χ0v) is 11.9. The Kier molecular flexibility index (Phi) is 3.53. The highest BCUT2D eigenvalue weighted by Crippen LogP contribution is 2.35. The van der Waals surface area contributed by atoms with Crippen LogP contribution in [0.3, 0.4) is 0 Å². The highest BCUT2D eigenvalue weighted by molar-refractivity contribution is 6.10. The number of ketones is 1. The maximum atomic E-state index is 13.1. The maximum absolute atomic E-state index is 13.1. The number of piperidine rings is 1. The molecule has 3 heteroatoms. The van der Waals surface area contributed by atoms with Crippen LogP contribution in [0.25, 0.3) is 10.8 Å². The topological polar surface area (TPSA) is 42.0 Å². The first-order valence-corrected chi connectivity index (χ1v) is 7.35. The molecule has 3 nitrogen and oxygen atoms in total. The number of fused-ring (bicyclic) bond motifs is 1. The average Bonchev–Trinajstić information content (AvgIpc) is 2.54. The van der Waals surface area contributed by atoms with Crippen molar-refractivity contribution in [1.29, 1.82) is 0 Å². The minimum Gasteiger partial charge on any atom is -0.316 e. The molecule has 1 aromatic carbocycles. The number of carbonyl (C=O) groups is 1. The van der Waals surface area contributed by atoms with Crippen LogP contribution in [0.4, 0.5) is 0 Å². The van der Waals surface area contributed by atoms with Gasteiger partial charge in [-0.1, -0.05) is 31.2 Å². The molecular weight excluding hydrogens is 248 g/mol. The van der Waals surface area contributed by atoms with Crippen LogP contribution in [0.1, 0.15) is 36.5 Å². The molecule has 3 rings (SSSR count). The van der Waals surface area contributed by atoms with E-state index in [9.17, 15) is 4.79 Å². The molecule has 104 valence electrons. The van der Waals surface area contributed by atoms with Gasteiger partial charge in [0.25, 0.3) is 0 Å². The fourth-order valence-corrected chi connectivity index (χ4v) is 3.21. The summed E-state index contributed by atoms with van der Waals surface area (Å²) in [6, 6.07) is 7.99. The molecule has 1 aliphatic heterocycles. The lowest BCUT2D eigenvalue weighted by atomic mass is 9.72. The second kappa shape index (κ2) is 5.33. The number of rotatable bonds is 3.